The van der Waals surface area contributed by atoms with Gasteiger partial charge in [0.15, 0.2) is 0 Å². The summed E-state index contributed by atoms with van der Waals surface area (Å²) < 4.78 is 0. The van der Waals surface area contributed by atoms with Crippen LogP contribution in [0.1, 0.15) is 54.4 Å². The Morgan fingerprint density at radius 1 is 1.24 bits per heavy atom. The molecule has 0 aromatic heterocycles. The molecule has 0 saturated heterocycles. The van der Waals surface area contributed by atoms with E-state index < -0.39 is 0 Å². The fourth-order valence-electron chi connectivity index (χ4n) is 2.73. The van der Waals surface area contributed by atoms with Crippen LogP contribution in [-0.4, -0.2) is 24.2 Å². The zero-order valence-corrected chi connectivity index (χ0v) is 12.4. The summed E-state index contributed by atoms with van der Waals surface area (Å²) in [5.41, 5.74) is 1.35. The Bertz CT molecular complexity index is 522. The second-order valence-electron chi connectivity index (χ2n) is 5.54. The average Bonchev–Trinajstić information content (AvgIpc) is 2.54. The third-order valence-corrected chi connectivity index (χ3v) is 3.91. The molecule has 1 saturated carbocycles. The van der Waals surface area contributed by atoms with Crippen LogP contribution in [-0.2, 0) is 0 Å². The number of hydrogen-bond acceptors (Lipinski definition) is 2. The number of nitrogens with one attached hydrogen (secondary N) is 1. The quantitative estimate of drug-likeness (QED) is 0.836. The van der Waals surface area contributed by atoms with Crippen molar-refractivity contribution >= 4 is 5.91 Å². The molecule has 1 aliphatic carbocycles. The van der Waals surface area contributed by atoms with E-state index in [1.807, 2.05) is 18.2 Å². The van der Waals surface area contributed by atoms with Gasteiger partial charge in [0.05, 0.1) is 12.2 Å². The van der Waals surface area contributed by atoms with E-state index in [1.54, 1.807) is 6.07 Å². The highest BCUT2D eigenvalue weighted by Gasteiger charge is 2.15. The molecule has 0 radical (unpaired) electrons. The van der Waals surface area contributed by atoms with Crippen LogP contribution in [0.5, 0.6) is 0 Å². The first-order valence-corrected chi connectivity index (χ1v) is 7.78. The maximum Gasteiger partial charge on any atom is 0.252 e. The number of aliphatic hydroxyl groups excluding tert-OH is 1. The molecule has 3 nitrogen and oxygen atoms in total. The molecular formula is C18H23NO2. The van der Waals surface area contributed by atoms with E-state index in [4.69, 9.17) is 5.11 Å². The summed E-state index contributed by atoms with van der Waals surface area (Å²) in [6, 6.07) is 7.38. The molecule has 0 heterocycles. The predicted molar refractivity (Wildman–Crippen MR) is 83.9 cm³/mol. The summed E-state index contributed by atoms with van der Waals surface area (Å²) in [7, 11) is 0. The number of amides is 1. The summed E-state index contributed by atoms with van der Waals surface area (Å²) >= 11 is 0. The molecule has 0 atom stereocenters. The maximum atomic E-state index is 12.3. The van der Waals surface area contributed by atoms with Crippen molar-refractivity contribution < 1.29 is 9.90 Å². The molecule has 21 heavy (non-hydrogen) atoms. The van der Waals surface area contributed by atoms with Crippen molar-refractivity contribution in [2.24, 2.45) is 5.92 Å². The minimum absolute atomic E-state index is 0.0447. The standard InChI is InChI=1S/C18H23NO2/c20-13-7-6-11-16-10-4-5-12-17(16)18(21)19-14-15-8-2-1-3-9-15/h4-5,10,12,15,20H,1-3,7-9,13-14H2,(H,19,21). The Hall–Kier alpha value is -1.79. The smallest absolute Gasteiger partial charge is 0.252 e. The van der Waals surface area contributed by atoms with Crippen molar-refractivity contribution in [3.05, 3.63) is 35.4 Å². The van der Waals surface area contributed by atoms with Crippen molar-refractivity contribution in [3.63, 3.8) is 0 Å². The maximum absolute atomic E-state index is 12.3. The highest BCUT2D eigenvalue weighted by atomic mass is 16.2. The predicted octanol–water partition coefficient (Wildman–Crippen LogP) is 2.73. The van der Waals surface area contributed by atoms with Gasteiger partial charge in [-0.25, -0.2) is 0 Å². The molecule has 0 spiro atoms. The van der Waals surface area contributed by atoms with E-state index in [0.717, 1.165) is 12.1 Å². The zero-order valence-electron chi connectivity index (χ0n) is 12.4. The lowest BCUT2D eigenvalue weighted by Gasteiger charge is -2.21. The van der Waals surface area contributed by atoms with Crippen LogP contribution in [0.4, 0.5) is 0 Å². The minimum Gasteiger partial charge on any atom is -0.395 e. The van der Waals surface area contributed by atoms with Gasteiger partial charge in [-0.1, -0.05) is 43.2 Å². The molecule has 3 heteroatoms. The van der Waals surface area contributed by atoms with Gasteiger partial charge >= 0.3 is 0 Å². The number of aliphatic hydroxyl groups is 1. The molecule has 1 aliphatic rings. The van der Waals surface area contributed by atoms with Gasteiger partial charge in [0, 0.05) is 18.5 Å². The van der Waals surface area contributed by atoms with Gasteiger partial charge in [-0.15, -0.1) is 0 Å². The normalized spacial score (nSPS) is 15.1. The van der Waals surface area contributed by atoms with Gasteiger partial charge in [-0.05, 0) is 30.9 Å². The van der Waals surface area contributed by atoms with Crippen LogP contribution < -0.4 is 5.32 Å². The van der Waals surface area contributed by atoms with Gasteiger partial charge in [0.2, 0.25) is 0 Å². The number of hydrogen-bond donors (Lipinski definition) is 2. The molecule has 1 amide bonds. The van der Waals surface area contributed by atoms with E-state index in [9.17, 15) is 4.79 Å². The van der Waals surface area contributed by atoms with Crippen LogP contribution in [0.15, 0.2) is 24.3 Å². The van der Waals surface area contributed by atoms with Crippen LogP contribution >= 0.6 is 0 Å². The molecule has 1 aromatic rings. The molecule has 2 rings (SSSR count). The summed E-state index contributed by atoms with van der Waals surface area (Å²) in [4.78, 5) is 12.3. The van der Waals surface area contributed by atoms with E-state index in [1.165, 1.54) is 32.1 Å². The Morgan fingerprint density at radius 3 is 2.76 bits per heavy atom. The van der Waals surface area contributed by atoms with Crippen LogP contribution in [0.25, 0.3) is 0 Å². The number of carbonyl (C=O) groups excluding carboxylic acids is 1. The van der Waals surface area contributed by atoms with Gasteiger partial charge in [0.25, 0.3) is 5.91 Å². The lowest BCUT2D eigenvalue weighted by atomic mass is 9.89. The number of rotatable bonds is 4. The van der Waals surface area contributed by atoms with Crippen LogP contribution in [0, 0.1) is 17.8 Å². The number of carbonyl (C=O) groups is 1. The highest BCUT2D eigenvalue weighted by Crippen LogP contribution is 2.22. The number of benzene rings is 1. The first kappa shape index (κ1) is 15.6. The first-order chi connectivity index (χ1) is 10.3. The minimum atomic E-state index is -0.0468. The Kier molecular flexibility index (Phi) is 6.30. The molecule has 112 valence electrons. The SMILES string of the molecule is O=C(NCC1CCCCC1)c1ccccc1C#CCCO. The third-order valence-electron chi connectivity index (χ3n) is 3.91. The highest BCUT2D eigenvalue weighted by molar-refractivity contribution is 5.96. The zero-order chi connectivity index (χ0) is 14.9. The van der Waals surface area contributed by atoms with E-state index in [0.29, 0.717) is 17.9 Å². The van der Waals surface area contributed by atoms with Crippen molar-refractivity contribution in [2.75, 3.05) is 13.2 Å². The van der Waals surface area contributed by atoms with Crippen LogP contribution in [0.2, 0.25) is 0 Å². The van der Waals surface area contributed by atoms with E-state index >= 15 is 0 Å². The molecule has 0 bridgehead atoms. The molecule has 1 aromatic carbocycles. The summed E-state index contributed by atoms with van der Waals surface area (Å²) in [5, 5.41) is 11.8. The fourth-order valence-corrected chi connectivity index (χ4v) is 2.73. The summed E-state index contributed by atoms with van der Waals surface area (Å²) in [5.74, 6) is 6.41. The van der Waals surface area contributed by atoms with E-state index in [-0.39, 0.29) is 12.5 Å². The topological polar surface area (TPSA) is 49.3 Å². The molecule has 0 unspecified atom stereocenters. The molecule has 2 N–H and O–H groups in total. The van der Waals surface area contributed by atoms with Crippen molar-refractivity contribution in [3.8, 4) is 11.8 Å². The molecule has 0 aliphatic heterocycles. The van der Waals surface area contributed by atoms with E-state index in [2.05, 4.69) is 17.2 Å². The largest absolute Gasteiger partial charge is 0.395 e. The van der Waals surface area contributed by atoms with Crippen molar-refractivity contribution in [1.29, 1.82) is 0 Å². The summed E-state index contributed by atoms with van der Waals surface area (Å²) in [6.45, 7) is 0.806. The average molecular weight is 285 g/mol. The lowest BCUT2D eigenvalue weighted by molar-refractivity contribution is 0.0943. The van der Waals surface area contributed by atoms with Gasteiger partial charge in [0.1, 0.15) is 0 Å². The Morgan fingerprint density at radius 2 is 2.00 bits per heavy atom. The van der Waals surface area contributed by atoms with Gasteiger partial charge in [-0.2, -0.15) is 0 Å². The second kappa shape index (κ2) is 8.49. The van der Waals surface area contributed by atoms with Gasteiger partial charge in [-0.3, -0.25) is 4.79 Å². The van der Waals surface area contributed by atoms with Gasteiger partial charge < -0.3 is 10.4 Å². The third kappa shape index (κ3) is 4.91. The lowest BCUT2D eigenvalue weighted by Crippen LogP contribution is -2.30. The summed E-state index contributed by atoms with van der Waals surface area (Å²) in [6.07, 6.45) is 6.76. The molecular weight excluding hydrogens is 262 g/mol. The molecule has 1 fully saturated rings. The van der Waals surface area contributed by atoms with Crippen molar-refractivity contribution in [1.82, 2.24) is 5.32 Å². The Labute approximate surface area is 126 Å². The van der Waals surface area contributed by atoms with Crippen molar-refractivity contribution in [2.45, 2.75) is 38.5 Å². The first-order valence-electron chi connectivity index (χ1n) is 7.78. The van der Waals surface area contributed by atoms with Crippen LogP contribution in [0.3, 0.4) is 0 Å². The second-order valence-corrected chi connectivity index (χ2v) is 5.54. The fraction of sp³-hybridized carbons (Fsp3) is 0.500. The Balaban J connectivity index is 1.96. The monoisotopic (exact) mass is 285 g/mol.